The van der Waals surface area contributed by atoms with Crippen LogP contribution in [0.1, 0.15) is 19.8 Å². The molecular formula is C13H26IN3O3S. The van der Waals surface area contributed by atoms with E-state index in [9.17, 15) is 8.42 Å². The summed E-state index contributed by atoms with van der Waals surface area (Å²) < 4.78 is 27.9. The number of sulfone groups is 1. The largest absolute Gasteiger partial charge is 0.381 e. The lowest BCUT2D eigenvalue weighted by Gasteiger charge is -2.24. The average Bonchev–Trinajstić information content (AvgIpc) is 2.98. The first-order valence-electron chi connectivity index (χ1n) is 7.23. The van der Waals surface area contributed by atoms with Gasteiger partial charge >= 0.3 is 0 Å². The molecule has 0 aromatic rings. The molecule has 2 aliphatic rings. The van der Waals surface area contributed by atoms with Gasteiger partial charge in [-0.3, -0.25) is 4.99 Å². The lowest BCUT2D eigenvalue weighted by Crippen LogP contribution is -2.41. The molecule has 0 amide bonds. The van der Waals surface area contributed by atoms with Crippen LogP contribution in [-0.2, 0) is 14.6 Å². The summed E-state index contributed by atoms with van der Waals surface area (Å²) in [4.78, 5) is 6.68. The van der Waals surface area contributed by atoms with E-state index in [1.165, 1.54) is 6.26 Å². The molecule has 0 bridgehead atoms. The predicted molar refractivity (Wildman–Crippen MR) is 95.2 cm³/mol. The quantitative estimate of drug-likeness (QED) is 0.404. The van der Waals surface area contributed by atoms with Crippen molar-refractivity contribution in [3.63, 3.8) is 0 Å². The second-order valence-electron chi connectivity index (χ2n) is 5.84. The molecule has 0 aromatic heterocycles. The van der Waals surface area contributed by atoms with Crippen LogP contribution in [-0.4, -0.2) is 70.7 Å². The lowest BCUT2D eigenvalue weighted by molar-refractivity contribution is 0.156. The van der Waals surface area contributed by atoms with Gasteiger partial charge in [0.25, 0.3) is 0 Å². The van der Waals surface area contributed by atoms with E-state index in [-0.39, 0.29) is 35.1 Å². The Morgan fingerprint density at radius 2 is 2.19 bits per heavy atom. The summed E-state index contributed by atoms with van der Waals surface area (Å²) in [5.41, 5.74) is 0.285. The molecule has 8 heteroatoms. The van der Waals surface area contributed by atoms with Gasteiger partial charge in [0.15, 0.2) is 5.96 Å². The van der Waals surface area contributed by atoms with E-state index >= 15 is 0 Å². The number of nitrogens with zero attached hydrogens (tertiary/aromatic N) is 2. The SMILES string of the molecule is CCNC(=NCCS(C)(=O)=O)N1CCC2(CCOC2)C1.I. The van der Waals surface area contributed by atoms with Gasteiger partial charge < -0.3 is 15.0 Å². The van der Waals surface area contributed by atoms with E-state index < -0.39 is 9.84 Å². The van der Waals surface area contributed by atoms with E-state index in [1.807, 2.05) is 6.92 Å². The fraction of sp³-hybridized carbons (Fsp3) is 0.923. The number of ether oxygens (including phenoxy) is 1. The van der Waals surface area contributed by atoms with Gasteiger partial charge in [-0.1, -0.05) is 0 Å². The maximum Gasteiger partial charge on any atom is 0.193 e. The van der Waals surface area contributed by atoms with Gasteiger partial charge in [-0.25, -0.2) is 8.42 Å². The molecule has 1 unspecified atom stereocenters. The smallest absolute Gasteiger partial charge is 0.193 e. The van der Waals surface area contributed by atoms with Crippen molar-refractivity contribution in [1.82, 2.24) is 10.2 Å². The molecule has 1 N–H and O–H groups in total. The van der Waals surface area contributed by atoms with Crippen molar-refractivity contribution in [2.75, 3.05) is 51.4 Å². The molecule has 1 atom stereocenters. The number of likely N-dealkylation sites (tertiary alicyclic amines) is 1. The third-order valence-electron chi connectivity index (χ3n) is 3.98. The number of nitrogens with one attached hydrogen (secondary N) is 1. The van der Waals surface area contributed by atoms with Gasteiger partial charge in [0.05, 0.1) is 18.9 Å². The molecular weight excluding hydrogens is 405 g/mol. The highest BCUT2D eigenvalue weighted by atomic mass is 127. The minimum absolute atomic E-state index is 0. The molecule has 2 fully saturated rings. The maximum atomic E-state index is 11.2. The summed E-state index contributed by atoms with van der Waals surface area (Å²) in [5.74, 6) is 0.934. The highest BCUT2D eigenvalue weighted by Gasteiger charge is 2.42. The zero-order valence-electron chi connectivity index (χ0n) is 12.8. The zero-order valence-corrected chi connectivity index (χ0v) is 15.9. The van der Waals surface area contributed by atoms with Gasteiger partial charge in [0.2, 0.25) is 0 Å². The van der Waals surface area contributed by atoms with E-state index in [0.717, 1.165) is 51.6 Å². The second kappa shape index (κ2) is 7.96. The Kier molecular flexibility index (Phi) is 7.18. The second-order valence-corrected chi connectivity index (χ2v) is 8.10. The number of rotatable bonds is 4. The minimum atomic E-state index is -2.95. The number of hydrogen-bond acceptors (Lipinski definition) is 4. The Morgan fingerprint density at radius 3 is 2.76 bits per heavy atom. The Balaban J connectivity index is 0.00000220. The molecule has 2 saturated heterocycles. The van der Waals surface area contributed by atoms with Gasteiger partial charge in [-0.2, -0.15) is 0 Å². The summed E-state index contributed by atoms with van der Waals surface area (Å²) >= 11 is 0. The topological polar surface area (TPSA) is 71.0 Å². The van der Waals surface area contributed by atoms with E-state index in [0.29, 0.717) is 6.54 Å². The molecule has 21 heavy (non-hydrogen) atoms. The first kappa shape index (κ1) is 19.0. The van der Waals surface area contributed by atoms with Crippen LogP contribution < -0.4 is 5.32 Å². The number of hydrogen-bond donors (Lipinski definition) is 1. The summed E-state index contributed by atoms with van der Waals surface area (Å²) in [7, 11) is -2.95. The van der Waals surface area contributed by atoms with Crippen molar-refractivity contribution in [2.24, 2.45) is 10.4 Å². The third kappa shape index (κ3) is 5.55. The summed E-state index contributed by atoms with van der Waals surface area (Å²) in [6.45, 7) is 6.75. The molecule has 0 aliphatic carbocycles. The Hall–Kier alpha value is -0.0900. The summed E-state index contributed by atoms with van der Waals surface area (Å²) in [5, 5.41) is 3.26. The van der Waals surface area contributed by atoms with Crippen LogP contribution in [0.2, 0.25) is 0 Å². The molecule has 2 heterocycles. The van der Waals surface area contributed by atoms with Crippen molar-refractivity contribution >= 4 is 39.8 Å². The minimum Gasteiger partial charge on any atom is -0.381 e. The van der Waals surface area contributed by atoms with Crippen molar-refractivity contribution < 1.29 is 13.2 Å². The third-order valence-corrected chi connectivity index (χ3v) is 4.91. The van der Waals surface area contributed by atoms with Crippen molar-refractivity contribution in [2.45, 2.75) is 19.8 Å². The highest BCUT2D eigenvalue weighted by molar-refractivity contribution is 14.0. The van der Waals surface area contributed by atoms with E-state index in [2.05, 4.69) is 15.2 Å². The lowest BCUT2D eigenvalue weighted by atomic mass is 9.87. The van der Waals surface area contributed by atoms with Crippen LogP contribution in [0.3, 0.4) is 0 Å². The fourth-order valence-corrected chi connectivity index (χ4v) is 3.25. The number of halogens is 1. The fourth-order valence-electron chi connectivity index (χ4n) is 2.83. The monoisotopic (exact) mass is 431 g/mol. The average molecular weight is 431 g/mol. The van der Waals surface area contributed by atoms with Crippen LogP contribution in [0.4, 0.5) is 0 Å². The Bertz CT molecular complexity index is 461. The van der Waals surface area contributed by atoms with Crippen molar-refractivity contribution in [3.05, 3.63) is 0 Å². The van der Waals surface area contributed by atoms with Crippen LogP contribution >= 0.6 is 24.0 Å². The first-order chi connectivity index (χ1) is 9.44. The molecule has 124 valence electrons. The number of aliphatic imine (C=N–C) groups is 1. The molecule has 6 nitrogen and oxygen atoms in total. The van der Waals surface area contributed by atoms with Crippen LogP contribution in [0.15, 0.2) is 4.99 Å². The summed E-state index contributed by atoms with van der Waals surface area (Å²) in [6.07, 6.45) is 3.49. The number of guanidine groups is 1. The van der Waals surface area contributed by atoms with Gasteiger partial charge in [-0.05, 0) is 19.8 Å². The summed E-state index contributed by atoms with van der Waals surface area (Å²) in [6, 6.07) is 0. The van der Waals surface area contributed by atoms with Crippen molar-refractivity contribution in [3.8, 4) is 0 Å². The van der Waals surface area contributed by atoms with Crippen LogP contribution in [0.5, 0.6) is 0 Å². The van der Waals surface area contributed by atoms with E-state index in [4.69, 9.17) is 4.74 Å². The van der Waals surface area contributed by atoms with Crippen LogP contribution in [0.25, 0.3) is 0 Å². The standard InChI is InChI=1S/C13H25N3O3S.HI/c1-3-14-12(15-6-9-20(2,17)18)16-7-4-13(10-16)5-8-19-11-13;/h3-11H2,1-2H3,(H,14,15);1H. The Morgan fingerprint density at radius 1 is 1.43 bits per heavy atom. The zero-order chi connectivity index (χ0) is 14.6. The maximum absolute atomic E-state index is 11.2. The molecule has 2 aliphatic heterocycles. The highest BCUT2D eigenvalue weighted by Crippen LogP contribution is 2.38. The van der Waals surface area contributed by atoms with Gasteiger partial charge in [0, 0.05) is 37.9 Å². The van der Waals surface area contributed by atoms with Crippen molar-refractivity contribution in [1.29, 1.82) is 0 Å². The van der Waals surface area contributed by atoms with Crippen LogP contribution in [0, 0.1) is 5.41 Å². The normalized spacial score (nSPS) is 26.2. The molecule has 2 rings (SSSR count). The first-order valence-corrected chi connectivity index (χ1v) is 9.29. The molecule has 0 aromatic carbocycles. The molecule has 1 spiro atoms. The molecule has 0 saturated carbocycles. The van der Waals surface area contributed by atoms with Gasteiger partial charge in [-0.15, -0.1) is 24.0 Å². The predicted octanol–water partition coefficient (Wildman–Crippen LogP) is 0.727. The van der Waals surface area contributed by atoms with E-state index in [1.54, 1.807) is 0 Å². The van der Waals surface area contributed by atoms with Gasteiger partial charge in [0.1, 0.15) is 9.84 Å². The molecule has 0 radical (unpaired) electrons. The Labute approximate surface area is 144 Å².